The summed E-state index contributed by atoms with van der Waals surface area (Å²) in [5, 5.41) is 8.82. The SMILES string of the molecule is O=C(NCC1(C(=O)NS(=O)(=O)C2CC2)CC1)c1ccc(Nc2nc(NC3(c4ccc(Cl)cc4)CC3)nc(OCC(F)(F)F)n2)cc1. The van der Waals surface area contributed by atoms with Crippen LogP contribution in [0.4, 0.5) is 30.8 Å². The fraction of sp³-hybridized carbons (Fsp3) is 0.414. The van der Waals surface area contributed by atoms with E-state index in [1.165, 1.54) is 12.1 Å². The van der Waals surface area contributed by atoms with Gasteiger partial charge < -0.3 is 20.7 Å². The third-order valence-electron chi connectivity index (χ3n) is 8.00. The number of benzene rings is 2. The van der Waals surface area contributed by atoms with E-state index < -0.39 is 56.8 Å². The van der Waals surface area contributed by atoms with Gasteiger partial charge in [0.15, 0.2) is 6.61 Å². The molecular formula is C29H29ClF3N7O5S. The van der Waals surface area contributed by atoms with E-state index in [0.717, 1.165) is 18.4 Å². The summed E-state index contributed by atoms with van der Waals surface area (Å²) in [6, 6.07) is 12.7. The molecule has 0 bridgehead atoms. The van der Waals surface area contributed by atoms with E-state index in [1.54, 1.807) is 24.3 Å². The Balaban J connectivity index is 1.11. The van der Waals surface area contributed by atoms with E-state index in [-0.39, 0.29) is 24.0 Å². The zero-order chi connectivity index (χ0) is 32.7. The second kappa shape index (κ2) is 11.9. The van der Waals surface area contributed by atoms with Gasteiger partial charge in [-0.3, -0.25) is 14.3 Å². The van der Waals surface area contributed by atoms with Crippen molar-refractivity contribution >= 4 is 51.0 Å². The Morgan fingerprint density at radius 2 is 1.59 bits per heavy atom. The van der Waals surface area contributed by atoms with Crippen LogP contribution < -0.4 is 25.4 Å². The molecule has 244 valence electrons. The summed E-state index contributed by atoms with van der Waals surface area (Å²) in [7, 11) is -3.69. The molecule has 0 aliphatic heterocycles. The van der Waals surface area contributed by atoms with Gasteiger partial charge in [0.1, 0.15) is 0 Å². The van der Waals surface area contributed by atoms with Crippen molar-refractivity contribution < 1.29 is 35.9 Å². The lowest BCUT2D eigenvalue weighted by molar-refractivity contribution is -0.154. The molecule has 0 saturated heterocycles. The molecule has 3 aromatic rings. The van der Waals surface area contributed by atoms with Crippen LogP contribution in [0.15, 0.2) is 48.5 Å². The molecule has 17 heteroatoms. The number of amides is 2. The van der Waals surface area contributed by atoms with E-state index in [1.807, 2.05) is 12.1 Å². The van der Waals surface area contributed by atoms with Crippen LogP contribution in [0.5, 0.6) is 6.01 Å². The summed E-state index contributed by atoms with van der Waals surface area (Å²) in [4.78, 5) is 37.7. The van der Waals surface area contributed by atoms with Crippen molar-refractivity contribution in [3.8, 4) is 6.01 Å². The Bertz CT molecular complexity index is 1750. The number of rotatable bonds is 13. The van der Waals surface area contributed by atoms with Gasteiger partial charge in [0.25, 0.3) is 5.91 Å². The van der Waals surface area contributed by atoms with Gasteiger partial charge in [-0.05, 0) is 80.5 Å². The van der Waals surface area contributed by atoms with Gasteiger partial charge in [-0.25, -0.2) is 8.42 Å². The monoisotopic (exact) mass is 679 g/mol. The van der Waals surface area contributed by atoms with Crippen molar-refractivity contribution in [1.29, 1.82) is 0 Å². The maximum atomic E-state index is 12.9. The van der Waals surface area contributed by atoms with Gasteiger partial charge >= 0.3 is 12.2 Å². The van der Waals surface area contributed by atoms with Gasteiger partial charge in [-0.15, -0.1) is 0 Å². The van der Waals surface area contributed by atoms with Crippen molar-refractivity contribution in [1.82, 2.24) is 25.0 Å². The van der Waals surface area contributed by atoms with Gasteiger partial charge in [0, 0.05) is 22.8 Å². The molecule has 46 heavy (non-hydrogen) atoms. The Hall–Kier alpha value is -4.18. The highest BCUT2D eigenvalue weighted by Gasteiger charge is 2.52. The summed E-state index contributed by atoms with van der Waals surface area (Å²) >= 11 is 6.01. The number of carbonyl (C=O) groups excluding carboxylic acids is 2. The van der Waals surface area contributed by atoms with Gasteiger partial charge in [0.2, 0.25) is 27.8 Å². The molecule has 3 aliphatic carbocycles. The van der Waals surface area contributed by atoms with Crippen molar-refractivity contribution in [3.63, 3.8) is 0 Å². The standard InChI is InChI=1S/C29H29ClF3N7O5S/c30-19-5-3-18(4-6-19)28(13-14-28)39-25-36-24(37-26(38-25)45-16-29(31,32)33)35-20-7-1-17(2-8-20)22(41)34-15-27(11-12-27)23(42)40-46(43,44)21-9-10-21/h1-8,21H,9-16H2,(H,34,41)(H,40,42)(H2,35,36,37,38,39). The van der Waals surface area contributed by atoms with E-state index >= 15 is 0 Å². The Kier molecular flexibility index (Phi) is 8.21. The first-order valence-corrected chi connectivity index (χ1v) is 16.4. The number of aromatic nitrogens is 3. The third kappa shape index (κ3) is 7.61. The van der Waals surface area contributed by atoms with Crippen LogP contribution in [0.1, 0.15) is 54.4 Å². The predicted octanol–water partition coefficient (Wildman–Crippen LogP) is 4.43. The van der Waals surface area contributed by atoms with Crippen LogP contribution >= 0.6 is 11.6 Å². The number of anilines is 3. The number of hydrogen-bond donors (Lipinski definition) is 4. The summed E-state index contributed by atoms with van der Waals surface area (Å²) in [5.41, 5.74) is 0.109. The molecule has 0 spiro atoms. The molecule has 0 radical (unpaired) electrons. The lowest BCUT2D eigenvalue weighted by Crippen LogP contribution is -2.43. The summed E-state index contributed by atoms with van der Waals surface area (Å²) < 4.78 is 69.9. The molecule has 2 aromatic carbocycles. The van der Waals surface area contributed by atoms with Crippen LogP contribution in [0.25, 0.3) is 0 Å². The quantitative estimate of drug-likeness (QED) is 0.203. The fourth-order valence-electron chi connectivity index (χ4n) is 4.79. The van der Waals surface area contributed by atoms with Gasteiger partial charge in [-0.1, -0.05) is 23.7 Å². The maximum Gasteiger partial charge on any atom is 0.422 e. The number of alkyl halides is 3. The number of halogens is 4. The van der Waals surface area contributed by atoms with Crippen LogP contribution in [0.2, 0.25) is 5.02 Å². The number of sulfonamides is 1. The smallest absolute Gasteiger partial charge is 0.422 e. The van der Waals surface area contributed by atoms with Crippen molar-refractivity contribution in [3.05, 3.63) is 64.7 Å². The largest absolute Gasteiger partial charge is 0.454 e. The van der Waals surface area contributed by atoms with E-state index in [0.29, 0.717) is 36.4 Å². The topological polar surface area (TPSA) is 164 Å². The fourth-order valence-corrected chi connectivity index (χ4v) is 6.32. The second-order valence-electron chi connectivity index (χ2n) is 11.7. The molecule has 2 amide bonds. The minimum atomic E-state index is -4.61. The van der Waals surface area contributed by atoms with Crippen molar-refractivity contribution in [2.24, 2.45) is 5.41 Å². The van der Waals surface area contributed by atoms with Crippen molar-refractivity contribution in [2.75, 3.05) is 23.8 Å². The molecule has 3 aliphatic rings. The molecule has 3 saturated carbocycles. The minimum absolute atomic E-state index is 0.00101. The molecular weight excluding hydrogens is 651 g/mol. The predicted molar refractivity (Wildman–Crippen MR) is 161 cm³/mol. The number of nitrogens with one attached hydrogen (secondary N) is 4. The molecule has 0 atom stereocenters. The lowest BCUT2D eigenvalue weighted by Gasteiger charge is -2.19. The summed E-state index contributed by atoms with van der Waals surface area (Å²) in [6.07, 6.45) is -1.17. The molecule has 1 aromatic heterocycles. The zero-order valence-corrected chi connectivity index (χ0v) is 25.7. The highest BCUT2D eigenvalue weighted by atomic mass is 35.5. The normalized spacial score (nSPS) is 17.8. The molecule has 1 heterocycles. The minimum Gasteiger partial charge on any atom is -0.454 e. The van der Waals surface area contributed by atoms with Crippen LogP contribution in [-0.4, -0.2) is 59.8 Å². The molecule has 3 fully saturated rings. The van der Waals surface area contributed by atoms with Crippen LogP contribution in [0, 0.1) is 5.41 Å². The van der Waals surface area contributed by atoms with E-state index in [9.17, 15) is 31.2 Å². The van der Waals surface area contributed by atoms with Crippen molar-refractivity contribution in [2.45, 2.75) is 55.5 Å². The van der Waals surface area contributed by atoms with Crippen LogP contribution in [0.3, 0.4) is 0 Å². The summed E-state index contributed by atoms with van der Waals surface area (Å²) in [5.74, 6) is -1.17. The molecule has 12 nitrogen and oxygen atoms in total. The Morgan fingerprint density at radius 1 is 0.935 bits per heavy atom. The first-order chi connectivity index (χ1) is 21.7. The average molecular weight is 680 g/mol. The third-order valence-corrected chi connectivity index (χ3v) is 10.1. The van der Waals surface area contributed by atoms with Gasteiger partial charge in [-0.2, -0.15) is 28.1 Å². The molecule has 0 unspecified atom stereocenters. The highest BCUT2D eigenvalue weighted by molar-refractivity contribution is 7.90. The number of hydrogen-bond acceptors (Lipinski definition) is 10. The Morgan fingerprint density at radius 3 is 2.17 bits per heavy atom. The highest BCUT2D eigenvalue weighted by Crippen LogP contribution is 2.48. The second-order valence-corrected chi connectivity index (χ2v) is 14.1. The van der Waals surface area contributed by atoms with Crippen LogP contribution in [-0.2, 0) is 20.4 Å². The number of ether oxygens (including phenoxy) is 1. The van der Waals surface area contributed by atoms with E-state index in [4.69, 9.17) is 16.3 Å². The average Bonchev–Trinajstić information content (AvgIpc) is 3.85. The first kappa shape index (κ1) is 31.8. The Labute approximate surface area is 266 Å². The molecule has 6 rings (SSSR count). The number of nitrogens with zero attached hydrogens (tertiary/aromatic N) is 3. The number of carbonyl (C=O) groups is 2. The van der Waals surface area contributed by atoms with E-state index in [2.05, 4.69) is 35.6 Å². The molecule has 4 N–H and O–H groups in total. The zero-order valence-electron chi connectivity index (χ0n) is 24.2. The maximum absolute atomic E-state index is 12.9. The lowest BCUT2D eigenvalue weighted by atomic mass is 10.1. The summed E-state index contributed by atoms with van der Waals surface area (Å²) in [6.45, 7) is -1.61. The van der Waals surface area contributed by atoms with Gasteiger partial charge in [0.05, 0.1) is 16.2 Å². The first-order valence-electron chi connectivity index (χ1n) is 14.5.